The Kier molecular flexibility index (Phi) is 8.93. The smallest absolute Gasteiger partial charge is 0.459 e. The first kappa shape index (κ1) is 27.5. The highest BCUT2D eigenvalue weighted by molar-refractivity contribution is 7.52. The van der Waals surface area contributed by atoms with E-state index in [1.807, 2.05) is 30.3 Å². The van der Waals surface area contributed by atoms with E-state index in [2.05, 4.69) is 10.1 Å². The zero-order valence-electron chi connectivity index (χ0n) is 20.8. The van der Waals surface area contributed by atoms with Crippen molar-refractivity contribution in [2.75, 3.05) is 20.3 Å². The summed E-state index contributed by atoms with van der Waals surface area (Å²) in [7, 11) is -2.97. The Hall–Kier alpha value is -3.54. The highest BCUT2D eigenvalue weighted by atomic mass is 31.2. The Labute approximate surface area is 218 Å². The lowest BCUT2D eigenvalue weighted by atomic mass is 10.1. The third-order valence-corrected chi connectivity index (χ3v) is 7.19. The summed E-state index contributed by atoms with van der Waals surface area (Å²) in [4.78, 5) is 38.6. The van der Waals surface area contributed by atoms with Gasteiger partial charge in [0.1, 0.15) is 18.4 Å². The van der Waals surface area contributed by atoms with Gasteiger partial charge in [-0.05, 0) is 31.0 Å². The van der Waals surface area contributed by atoms with Crippen molar-refractivity contribution in [3.05, 3.63) is 98.8 Å². The molecule has 3 aromatic rings. The van der Waals surface area contributed by atoms with Crippen molar-refractivity contribution in [2.24, 2.45) is 0 Å². The van der Waals surface area contributed by atoms with Crippen LogP contribution in [0.25, 0.3) is 0 Å². The van der Waals surface area contributed by atoms with Crippen molar-refractivity contribution in [3.63, 3.8) is 0 Å². The summed E-state index contributed by atoms with van der Waals surface area (Å²) in [6.45, 7) is 1.18. The molecule has 0 radical (unpaired) electrons. The number of hydrogen-bond donors (Lipinski definition) is 2. The number of nitrogens with one attached hydrogen (secondary N) is 2. The van der Waals surface area contributed by atoms with Gasteiger partial charge in [0, 0.05) is 11.8 Å². The van der Waals surface area contributed by atoms with Crippen LogP contribution in [0.5, 0.6) is 5.75 Å². The van der Waals surface area contributed by atoms with Gasteiger partial charge in [-0.15, -0.1) is 0 Å². The predicted octanol–water partition coefficient (Wildman–Crippen LogP) is 2.29. The number of aromatic amines is 1. The largest absolute Gasteiger partial charge is 0.468 e. The Morgan fingerprint density at radius 2 is 1.84 bits per heavy atom. The summed E-state index contributed by atoms with van der Waals surface area (Å²) in [6.07, 6.45) is -0.325. The van der Waals surface area contributed by atoms with E-state index in [4.69, 9.17) is 23.3 Å². The van der Waals surface area contributed by atoms with E-state index in [9.17, 15) is 18.9 Å². The van der Waals surface area contributed by atoms with Crippen LogP contribution in [0.3, 0.4) is 0 Å². The Bertz CT molecular complexity index is 1390. The molecular weight excluding hydrogens is 517 g/mol. The number of para-hydroxylation sites is 1. The maximum atomic E-state index is 13.9. The first-order valence-corrected chi connectivity index (χ1v) is 13.3. The van der Waals surface area contributed by atoms with Crippen molar-refractivity contribution in [1.82, 2.24) is 14.6 Å². The first-order valence-electron chi connectivity index (χ1n) is 11.7. The minimum Gasteiger partial charge on any atom is -0.468 e. The summed E-state index contributed by atoms with van der Waals surface area (Å²) >= 11 is 0. The number of nitrogens with zero attached hydrogens (tertiary/aromatic N) is 1. The Balaban J connectivity index is 1.49. The number of benzene rings is 2. The van der Waals surface area contributed by atoms with Crippen LogP contribution >= 0.6 is 7.75 Å². The minimum absolute atomic E-state index is 0.0184. The van der Waals surface area contributed by atoms with Gasteiger partial charge in [0.15, 0.2) is 12.5 Å². The normalized spacial score (nSPS) is 19.4. The van der Waals surface area contributed by atoms with Gasteiger partial charge in [0.25, 0.3) is 5.56 Å². The average molecular weight is 545 g/mol. The van der Waals surface area contributed by atoms with Gasteiger partial charge in [-0.2, -0.15) is 5.09 Å². The molecule has 0 saturated carbocycles. The molecule has 38 heavy (non-hydrogen) atoms. The molecule has 1 aromatic heterocycles. The van der Waals surface area contributed by atoms with Crippen LogP contribution in [-0.2, 0) is 34.5 Å². The summed E-state index contributed by atoms with van der Waals surface area (Å²) < 4.78 is 42.6. The van der Waals surface area contributed by atoms with Crippen molar-refractivity contribution in [1.29, 1.82) is 0 Å². The lowest BCUT2D eigenvalue weighted by Gasteiger charge is -2.25. The third-order valence-electron chi connectivity index (χ3n) is 5.62. The van der Waals surface area contributed by atoms with E-state index in [0.717, 1.165) is 5.56 Å². The molecular formula is C25H28N3O9P. The summed E-state index contributed by atoms with van der Waals surface area (Å²) in [5.74, 6) is -0.413. The standard InChI is InChI=1S/C25H28N3O9P/c1-17-14-28(25(31)26-23(17)29)21-15-34-22(36-21)16-35-38(32,37-19-11-7-4-8-12-19)27-20(24(30)33-2)13-18-9-5-3-6-10-18/h3-12,14,20-22H,13,15-16H2,1-2H3,(H,27,32)(H,26,29,31)/t20-,21-,22-,38?/m1/s1. The molecule has 4 atom stereocenters. The van der Waals surface area contributed by atoms with Gasteiger partial charge in [-0.25, -0.2) is 9.36 Å². The number of aryl methyl sites for hydroxylation is 1. The van der Waals surface area contributed by atoms with E-state index in [0.29, 0.717) is 5.56 Å². The molecule has 0 amide bonds. The van der Waals surface area contributed by atoms with Crippen molar-refractivity contribution >= 4 is 13.7 Å². The van der Waals surface area contributed by atoms with Crippen LogP contribution in [-0.4, -0.2) is 48.2 Å². The van der Waals surface area contributed by atoms with E-state index in [-0.39, 0.29) is 25.4 Å². The van der Waals surface area contributed by atoms with E-state index < -0.39 is 43.5 Å². The van der Waals surface area contributed by atoms with Crippen LogP contribution in [0.4, 0.5) is 0 Å². The van der Waals surface area contributed by atoms with Gasteiger partial charge >= 0.3 is 19.4 Å². The molecule has 2 N–H and O–H groups in total. The maximum Gasteiger partial charge on any atom is 0.459 e. The lowest BCUT2D eigenvalue weighted by molar-refractivity contribution is -0.142. The SMILES string of the molecule is COC(=O)[C@@H](Cc1ccccc1)NP(=O)(OC[C@@H]1OC[C@H](n2cc(C)c(=O)[nH]c2=O)O1)Oc1ccccc1. The van der Waals surface area contributed by atoms with Gasteiger partial charge in [0.05, 0.1) is 13.7 Å². The molecule has 1 saturated heterocycles. The second kappa shape index (κ2) is 12.3. The number of ether oxygens (including phenoxy) is 3. The van der Waals surface area contributed by atoms with Crippen LogP contribution in [0, 0.1) is 6.92 Å². The number of esters is 1. The summed E-state index contributed by atoms with van der Waals surface area (Å²) in [6, 6.07) is 16.4. The van der Waals surface area contributed by atoms with E-state index in [1.165, 1.54) is 17.9 Å². The third kappa shape index (κ3) is 7.06. The molecule has 1 fully saturated rings. The second-order valence-electron chi connectivity index (χ2n) is 8.42. The van der Waals surface area contributed by atoms with Gasteiger partial charge < -0.3 is 18.7 Å². The lowest BCUT2D eigenvalue weighted by Crippen LogP contribution is -2.39. The fourth-order valence-corrected chi connectivity index (χ4v) is 5.19. The highest BCUT2D eigenvalue weighted by Crippen LogP contribution is 2.45. The van der Waals surface area contributed by atoms with Crippen LogP contribution < -0.4 is 20.9 Å². The predicted molar refractivity (Wildman–Crippen MR) is 136 cm³/mol. The molecule has 1 unspecified atom stereocenters. The number of aromatic nitrogens is 2. The molecule has 4 rings (SSSR count). The molecule has 202 valence electrons. The fraction of sp³-hybridized carbons (Fsp3) is 0.320. The molecule has 0 bridgehead atoms. The first-order chi connectivity index (χ1) is 18.3. The molecule has 0 spiro atoms. The molecule has 2 aromatic carbocycles. The van der Waals surface area contributed by atoms with E-state index in [1.54, 1.807) is 37.3 Å². The van der Waals surface area contributed by atoms with Gasteiger partial charge in [-0.3, -0.25) is 23.7 Å². The number of carbonyl (C=O) groups excluding carboxylic acids is 1. The summed E-state index contributed by atoms with van der Waals surface area (Å²) in [5, 5.41) is 2.70. The van der Waals surface area contributed by atoms with Crippen molar-refractivity contribution in [2.45, 2.75) is 31.9 Å². The average Bonchev–Trinajstić information content (AvgIpc) is 3.39. The van der Waals surface area contributed by atoms with E-state index >= 15 is 0 Å². The number of methoxy groups -OCH3 is 1. The van der Waals surface area contributed by atoms with Crippen LogP contribution in [0.2, 0.25) is 0 Å². The highest BCUT2D eigenvalue weighted by Gasteiger charge is 2.37. The molecule has 12 nitrogen and oxygen atoms in total. The number of H-pyrrole nitrogens is 1. The summed E-state index contributed by atoms with van der Waals surface area (Å²) in [5.41, 5.74) is -0.0261. The van der Waals surface area contributed by atoms with Crippen LogP contribution in [0.1, 0.15) is 17.4 Å². The number of carbonyl (C=O) groups is 1. The molecule has 13 heteroatoms. The number of hydrogen-bond acceptors (Lipinski definition) is 9. The Morgan fingerprint density at radius 1 is 1.16 bits per heavy atom. The van der Waals surface area contributed by atoms with Gasteiger partial charge in [0.2, 0.25) is 0 Å². The molecule has 0 aliphatic carbocycles. The Morgan fingerprint density at radius 3 is 2.53 bits per heavy atom. The topological polar surface area (TPSA) is 147 Å². The second-order valence-corrected chi connectivity index (χ2v) is 10.1. The van der Waals surface area contributed by atoms with Crippen molar-refractivity contribution < 1.29 is 32.6 Å². The zero-order chi connectivity index (χ0) is 27.1. The molecule has 1 aliphatic heterocycles. The monoisotopic (exact) mass is 545 g/mol. The quantitative estimate of drug-likeness (QED) is 0.272. The fourth-order valence-electron chi connectivity index (χ4n) is 3.71. The zero-order valence-corrected chi connectivity index (χ0v) is 21.7. The van der Waals surface area contributed by atoms with Crippen LogP contribution in [0.15, 0.2) is 76.4 Å². The molecule has 1 aliphatic rings. The number of rotatable bonds is 11. The van der Waals surface area contributed by atoms with Crippen molar-refractivity contribution in [3.8, 4) is 5.75 Å². The van der Waals surface area contributed by atoms with Gasteiger partial charge in [-0.1, -0.05) is 48.5 Å². The molecule has 2 heterocycles. The minimum atomic E-state index is -4.20. The maximum absolute atomic E-state index is 13.9.